The van der Waals surface area contributed by atoms with Gasteiger partial charge in [-0.2, -0.15) is 13.9 Å². The fourth-order valence-electron chi connectivity index (χ4n) is 2.75. The van der Waals surface area contributed by atoms with E-state index in [1.165, 1.54) is 24.3 Å². The molecule has 1 heterocycles. The molecule has 5 nitrogen and oxygen atoms in total. The van der Waals surface area contributed by atoms with E-state index in [0.717, 1.165) is 5.69 Å². The number of halogens is 4. The first-order valence-electron chi connectivity index (χ1n) is 9.18. The van der Waals surface area contributed by atoms with Crippen LogP contribution in [-0.2, 0) is 13.2 Å². The summed E-state index contributed by atoms with van der Waals surface area (Å²) in [6, 6.07) is 8.09. The van der Waals surface area contributed by atoms with Crippen LogP contribution in [0.25, 0.3) is 0 Å². The Bertz CT molecular complexity index is 1010. The minimum Gasteiger partial charge on any atom is -0.483 e. The van der Waals surface area contributed by atoms with Crippen LogP contribution in [0.2, 0.25) is 0 Å². The Labute approximate surface area is 170 Å². The highest BCUT2D eigenvalue weighted by atomic mass is 19.2. The van der Waals surface area contributed by atoms with E-state index >= 15 is 0 Å². The summed E-state index contributed by atoms with van der Waals surface area (Å²) in [5, 5.41) is 6.96. The molecule has 1 aromatic heterocycles. The zero-order valence-corrected chi connectivity index (χ0v) is 16.1. The maximum atomic E-state index is 13.6. The number of hydrogen-bond donors (Lipinski definition) is 1. The molecule has 0 aliphatic heterocycles. The molecule has 0 aliphatic carbocycles. The first-order valence-corrected chi connectivity index (χ1v) is 9.18. The van der Waals surface area contributed by atoms with Crippen molar-refractivity contribution >= 4 is 5.91 Å². The molecular weight excluding hydrogens is 402 g/mol. The summed E-state index contributed by atoms with van der Waals surface area (Å²) in [5.74, 6) is -7.69. The van der Waals surface area contributed by atoms with Crippen LogP contribution in [0, 0.1) is 30.2 Å². The average Bonchev–Trinajstić information content (AvgIpc) is 3.14. The summed E-state index contributed by atoms with van der Waals surface area (Å²) >= 11 is 0. The van der Waals surface area contributed by atoms with E-state index in [0.29, 0.717) is 30.6 Å². The van der Waals surface area contributed by atoms with Gasteiger partial charge in [-0.15, -0.1) is 0 Å². The van der Waals surface area contributed by atoms with Crippen molar-refractivity contribution in [2.75, 3.05) is 6.54 Å². The number of benzene rings is 2. The minimum absolute atomic E-state index is 0.112. The number of carbonyl (C=O) groups is 1. The molecule has 0 bridgehead atoms. The van der Waals surface area contributed by atoms with Crippen molar-refractivity contribution < 1.29 is 27.1 Å². The second kappa shape index (κ2) is 9.43. The second-order valence-electron chi connectivity index (χ2n) is 6.59. The van der Waals surface area contributed by atoms with Crippen molar-refractivity contribution in [2.24, 2.45) is 0 Å². The minimum atomic E-state index is -1.60. The van der Waals surface area contributed by atoms with Gasteiger partial charge in [0.25, 0.3) is 5.91 Å². The van der Waals surface area contributed by atoms with Gasteiger partial charge in [-0.05, 0) is 37.1 Å². The molecule has 1 amide bonds. The summed E-state index contributed by atoms with van der Waals surface area (Å²) in [6.45, 7) is 2.77. The first kappa shape index (κ1) is 21.4. The van der Waals surface area contributed by atoms with Gasteiger partial charge in [0, 0.05) is 36.6 Å². The van der Waals surface area contributed by atoms with Crippen molar-refractivity contribution in [3.05, 3.63) is 82.7 Å². The lowest BCUT2D eigenvalue weighted by molar-refractivity contribution is 0.0952. The van der Waals surface area contributed by atoms with E-state index in [4.69, 9.17) is 4.74 Å². The number of amides is 1. The van der Waals surface area contributed by atoms with Gasteiger partial charge in [0.1, 0.15) is 6.61 Å². The maximum absolute atomic E-state index is 13.6. The Kier molecular flexibility index (Phi) is 6.71. The summed E-state index contributed by atoms with van der Waals surface area (Å²) in [7, 11) is 0. The van der Waals surface area contributed by atoms with Crippen molar-refractivity contribution in [3.8, 4) is 5.75 Å². The average molecular weight is 421 g/mol. The third-order valence-corrected chi connectivity index (χ3v) is 4.43. The molecule has 0 unspecified atom stereocenters. The zero-order chi connectivity index (χ0) is 21.7. The summed E-state index contributed by atoms with van der Waals surface area (Å²) < 4.78 is 60.4. The lowest BCUT2D eigenvalue weighted by Gasteiger charge is -2.10. The molecule has 3 rings (SSSR count). The summed E-state index contributed by atoms with van der Waals surface area (Å²) in [5.41, 5.74) is 1.90. The van der Waals surface area contributed by atoms with Crippen LogP contribution in [0.5, 0.6) is 5.75 Å². The molecule has 0 saturated carbocycles. The maximum Gasteiger partial charge on any atom is 0.251 e. The van der Waals surface area contributed by atoms with Crippen LogP contribution in [0.4, 0.5) is 17.6 Å². The number of nitrogens with one attached hydrogen (secondary N) is 1. The van der Waals surface area contributed by atoms with Crippen LogP contribution in [0.15, 0.2) is 42.6 Å². The number of aromatic nitrogens is 2. The number of carbonyl (C=O) groups excluding carboxylic acids is 1. The smallest absolute Gasteiger partial charge is 0.251 e. The monoisotopic (exact) mass is 421 g/mol. The molecule has 0 saturated heterocycles. The molecule has 9 heteroatoms. The summed E-state index contributed by atoms with van der Waals surface area (Å²) in [6.07, 6.45) is 2.42. The molecule has 0 aliphatic rings. The lowest BCUT2D eigenvalue weighted by atomic mass is 10.1. The molecule has 30 heavy (non-hydrogen) atoms. The lowest BCUT2D eigenvalue weighted by Crippen LogP contribution is -2.25. The molecule has 0 atom stereocenters. The van der Waals surface area contributed by atoms with E-state index in [9.17, 15) is 22.4 Å². The fraction of sp³-hybridized carbons (Fsp3) is 0.238. The molecule has 3 aromatic rings. The Morgan fingerprint density at radius 2 is 1.73 bits per heavy atom. The first-order chi connectivity index (χ1) is 14.4. The normalized spacial score (nSPS) is 10.8. The molecule has 1 N–H and O–H groups in total. The second-order valence-corrected chi connectivity index (χ2v) is 6.59. The number of aryl methyl sites for hydroxylation is 2. The molecule has 0 radical (unpaired) electrons. The summed E-state index contributed by atoms with van der Waals surface area (Å²) in [4.78, 5) is 12.2. The standard InChI is InChI=1S/C21H19F4N3O2/c1-13-7-9-27-28(13)10-2-8-26-21(29)15-5-3-14(4-6-15)12-30-20-18(24)16(22)11-17(23)19(20)25/h3-7,9,11H,2,8,10,12H2,1H3,(H,26,29). The molecule has 158 valence electrons. The van der Waals surface area contributed by atoms with E-state index < -0.39 is 29.0 Å². The Hall–Kier alpha value is -3.36. The SMILES string of the molecule is Cc1ccnn1CCCNC(=O)c1ccc(COc2c(F)c(F)cc(F)c2F)cc1. The number of nitrogens with zero attached hydrogens (tertiary/aromatic N) is 2. The van der Waals surface area contributed by atoms with Crippen LogP contribution in [-0.4, -0.2) is 22.2 Å². The van der Waals surface area contributed by atoms with Gasteiger partial charge in [-0.25, -0.2) is 8.78 Å². The largest absolute Gasteiger partial charge is 0.483 e. The zero-order valence-electron chi connectivity index (χ0n) is 16.1. The number of rotatable bonds is 8. The third-order valence-electron chi connectivity index (χ3n) is 4.43. The number of hydrogen-bond acceptors (Lipinski definition) is 3. The van der Waals surface area contributed by atoms with E-state index in [1.807, 2.05) is 17.7 Å². The molecule has 2 aromatic carbocycles. The third kappa shape index (κ3) is 4.97. The topological polar surface area (TPSA) is 56.2 Å². The Balaban J connectivity index is 1.51. The number of ether oxygens (including phenoxy) is 1. The highest BCUT2D eigenvalue weighted by Crippen LogP contribution is 2.27. The van der Waals surface area contributed by atoms with Gasteiger partial charge >= 0.3 is 0 Å². The Morgan fingerprint density at radius 3 is 2.33 bits per heavy atom. The molecular formula is C21H19F4N3O2. The van der Waals surface area contributed by atoms with Crippen molar-refractivity contribution in [2.45, 2.75) is 26.5 Å². The van der Waals surface area contributed by atoms with Gasteiger partial charge < -0.3 is 10.1 Å². The highest BCUT2D eigenvalue weighted by molar-refractivity contribution is 5.94. The van der Waals surface area contributed by atoms with E-state index in [2.05, 4.69) is 10.4 Å². The van der Waals surface area contributed by atoms with Gasteiger partial charge in [-0.1, -0.05) is 12.1 Å². The molecule has 0 fully saturated rings. The quantitative estimate of drug-likeness (QED) is 0.338. The van der Waals surface area contributed by atoms with Gasteiger partial charge in [0.15, 0.2) is 17.4 Å². The highest BCUT2D eigenvalue weighted by Gasteiger charge is 2.20. The van der Waals surface area contributed by atoms with Crippen molar-refractivity contribution in [3.63, 3.8) is 0 Å². The van der Waals surface area contributed by atoms with E-state index in [1.54, 1.807) is 6.20 Å². The predicted molar refractivity (Wildman–Crippen MR) is 101 cm³/mol. The van der Waals surface area contributed by atoms with Crippen LogP contribution in [0.1, 0.15) is 28.0 Å². The molecule has 0 spiro atoms. The fourth-order valence-corrected chi connectivity index (χ4v) is 2.75. The van der Waals surface area contributed by atoms with Crippen LogP contribution in [0.3, 0.4) is 0 Å². The van der Waals surface area contributed by atoms with Gasteiger partial charge in [0.05, 0.1) is 0 Å². The predicted octanol–water partition coefficient (Wildman–Crippen LogP) is 4.15. The van der Waals surface area contributed by atoms with Gasteiger partial charge in [-0.3, -0.25) is 9.48 Å². The van der Waals surface area contributed by atoms with Crippen molar-refractivity contribution in [1.82, 2.24) is 15.1 Å². The Morgan fingerprint density at radius 1 is 1.07 bits per heavy atom. The van der Waals surface area contributed by atoms with Gasteiger partial charge in [0.2, 0.25) is 11.6 Å². The van der Waals surface area contributed by atoms with Crippen LogP contribution < -0.4 is 10.1 Å². The van der Waals surface area contributed by atoms with Crippen molar-refractivity contribution in [1.29, 1.82) is 0 Å². The van der Waals surface area contributed by atoms with E-state index in [-0.39, 0.29) is 18.6 Å². The van der Waals surface area contributed by atoms with Crippen LogP contribution >= 0.6 is 0 Å².